The van der Waals surface area contributed by atoms with Gasteiger partial charge in [0.15, 0.2) is 5.69 Å². The summed E-state index contributed by atoms with van der Waals surface area (Å²) in [4.78, 5) is 12.5. The zero-order valence-corrected chi connectivity index (χ0v) is 14.2. The van der Waals surface area contributed by atoms with Crippen LogP contribution in [0.1, 0.15) is 21.6 Å². The number of hydrogen-bond donors (Lipinski definition) is 1. The fourth-order valence-corrected chi connectivity index (χ4v) is 2.62. The van der Waals surface area contributed by atoms with Crippen molar-refractivity contribution in [3.63, 3.8) is 0 Å². The monoisotopic (exact) mass is 390 g/mol. The van der Waals surface area contributed by atoms with Gasteiger partial charge in [-0.2, -0.15) is 23.5 Å². The third-order valence-corrected chi connectivity index (χ3v) is 3.92. The summed E-state index contributed by atoms with van der Waals surface area (Å²) in [6.45, 7) is 0. The molecule has 0 aliphatic heterocycles. The van der Waals surface area contributed by atoms with E-state index >= 15 is 0 Å². The first kappa shape index (κ1) is 18.5. The van der Waals surface area contributed by atoms with Crippen LogP contribution < -0.4 is 5.32 Å². The van der Waals surface area contributed by atoms with Gasteiger partial charge < -0.3 is 5.32 Å². The fraction of sp³-hybridized carbons (Fsp3) is 0.0556. The lowest BCUT2D eigenvalue weighted by Crippen LogP contribution is -2.16. The van der Waals surface area contributed by atoms with Crippen molar-refractivity contribution in [3.8, 4) is 11.8 Å². The Balaban J connectivity index is 1.93. The van der Waals surface area contributed by atoms with Crippen LogP contribution in [0.3, 0.4) is 0 Å². The number of alkyl halides is 3. The van der Waals surface area contributed by atoms with Gasteiger partial charge in [-0.25, -0.2) is 4.68 Å². The average molecular weight is 391 g/mol. The minimum Gasteiger partial charge on any atom is -0.306 e. The highest BCUT2D eigenvalue weighted by molar-refractivity contribution is 6.34. The number of hydrogen-bond acceptors (Lipinski definition) is 3. The normalized spacial score (nSPS) is 11.1. The Morgan fingerprint density at radius 3 is 2.44 bits per heavy atom. The van der Waals surface area contributed by atoms with Gasteiger partial charge in [0, 0.05) is 6.07 Å². The highest BCUT2D eigenvalue weighted by Crippen LogP contribution is 2.32. The quantitative estimate of drug-likeness (QED) is 0.706. The van der Waals surface area contributed by atoms with Gasteiger partial charge >= 0.3 is 6.18 Å². The topological polar surface area (TPSA) is 70.7 Å². The Labute approximate surface area is 156 Å². The van der Waals surface area contributed by atoms with Gasteiger partial charge in [0.05, 0.1) is 21.8 Å². The summed E-state index contributed by atoms with van der Waals surface area (Å²) >= 11 is 5.85. The maximum Gasteiger partial charge on any atom is 0.416 e. The fourth-order valence-electron chi connectivity index (χ4n) is 2.35. The highest BCUT2D eigenvalue weighted by Gasteiger charge is 2.31. The van der Waals surface area contributed by atoms with Crippen molar-refractivity contribution in [2.75, 3.05) is 5.32 Å². The van der Waals surface area contributed by atoms with Crippen LogP contribution in [0.25, 0.3) is 5.69 Å². The van der Waals surface area contributed by atoms with Crippen molar-refractivity contribution < 1.29 is 18.0 Å². The molecule has 0 radical (unpaired) electrons. The Bertz CT molecular complexity index is 1040. The van der Waals surface area contributed by atoms with Gasteiger partial charge in [0.25, 0.3) is 5.91 Å². The standard InChI is InChI=1S/C18H10ClF3N4O/c19-15-8-11(18(20,21)22)6-7-14(15)17(27)24-16-9-12(10-23)25-26(16)13-4-2-1-3-5-13/h1-9H,(H,24,27). The van der Waals surface area contributed by atoms with E-state index in [0.29, 0.717) is 11.8 Å². The van der Waals surface area contributed by atoms with Crippen LogP contribution in [0.5, 0.6) is 0 Å². The lowest BCUT2D eigenvalue weighted by Gasteiger charge is -2.11. The number of nitrogens with one attached hydrogen (secondary N) is 1. The van der Waals surface area contributed by atoms with Crippen molar-refractivity contribution in [1.82, 2.24) is 9.78 Å². The molecule has 0 atom stereocenters. The second kappa shape index (κ2) is 7.13. The van der Waals surface area contributed by atoms with Crippen molar-refractivity contribution in [1.29, 1.82) is 5.26 Å². The first-order valence-electron chi connectivity index (χ1n) is 7.53. The summed E-state index contributed by atoms with van der Waals surface area (Å²) < 4.78 is 39.5. The van der Waals surface area contributed by atoms with Crippen LogP contribution in [0.15, 0.2) is 54.6 Å². The molecule has 0 saturated carbocycles. The Morgan fingerprint density at radius 1 is 1.15 bits per heavy atom. The first-order chi connectivity index (χ1) is 12.8. The minimum atomic E-state index is -4.56. The lowest BCUT2D eigenvalue weighted by atomic mass is 10.1. The smallest absolute Gasteiger partial charge is 0.306 e. The van der Waals surface area contributed by atoms with Crippen LogP contribution in [-0.4, -0.2) is 15.7 Å². The van der Waals surface area contributed by atoms with Crippen molar-refractivity contribution in [3.05, 3.63) is 76.4 Å². The number of nitrogens with zero attached hydrogens (tertiary/aromatic N) is 3. The molecule has 3 aromatic rings. The zero-order chi connectivity index (χ0) is 19.6. The second-order valence-electron chi connectivity index (χ2n) is 5.42. The van der Waals surface area contributed by atoms with E-state index in [-0.39, 0.29) is 22.1 Å². The maximum atomic E-state index is 12.7. The van der Waals surface area contributed by atoms with E-state index < -0.39 is 17.6 Å². The molecule has 0 spiro atoms. The van der Waals surface area contributed by atoms with Gasteiger partial charge in [0.2, 0.25) is 0 Å². The summed E-state index contributed by atoms with van der Waals surface area (Å²) in [5.41, 5.74) is -0.436. The molecule has 1 heterocycles. The summed E-state index contributed by atoms with van der Waals surface area (Å²) in [6.07, 6.45) is -4.56. The van der Waals surface area contributed by atoms with E-state index in [1.54, 1.807) is 30.3 Å². The SMILES string of the molecule is N#Cc1cc(NC(=O)c2ccc(C(F)(F)F)cc2Cl)n(-c2ccccc2)n1. The minimum absolute atomic E-state index is 0.0627. The first-order valence-corrected chi connectivity index (χ1v) is 7.91. The van der Waals surface area contributed by atoms with E-state index in [0.717, 1.165) is 12.1 Å². The number of amides is 1. The number of para-hydroxylation sites is 1. The molecule has 1 amide bonds. The molecule has 2 aromatic carbocycles. The number of anilines is 1. The number of carbonyl (C=O) groups is 1. The predicted molar refractivity (Wildman–Crippen MR) is 92.7 cm³/mol. The van der Waals surface area contributed by atoms with Crippen molar-refractivity contribution in [2.45, 2.75) is 6.18 Å². The number of benzene rings is 2. The molecule has 27 heavy (non-hydrogen) atoms. The number of nitriles is 1. The van der Waals surface area contributed by atoms with Crippen LogP contribution in [0, 0.1) is 11.3 Å². The Hall–Kier alpha value is -3.31. The van der Waals surface area contributed by atoms with Gasteiger partial charge in [0.1, 0.15) is 11.9 Å². The van der Waals surface area contributed by atoms with Crippen LogP contribution in [0.2, 0.25) is 5.02 Å². The Kier molecular flexibility index (Phi) is 4.88. The third kappa shape index (κ3) is 3.93. The molecule has 1 N–H and O–H groups in total. The van der Waals surface area contributed by atoms with Crippen LogP contribution in [-0.2, 0) is 6.18 Å². The molecule has 0 unspecified atom stereocenters. The summed E-state index contributed by atoms with van der Waals surface area (Å²) in [5.74, 6) is -0.547. The van der Waals surface area contributed by atoms with E-state index in [4.69, 9.17) is 16.9 Å². The largest absolute Gasteiger partial charge is 0.416 e. The van der Waals surface area contributed by atoms with Crippen LogP contribution >= 0.6 is 11.6 Å². The Morgan fingerprint density at radius 2 is 1.85 bits per heavy atom. The molecule has 136 valence electrons. The second-order valence-corrected chi connectivity index (χ2v) is 5.83. The molecule has 9 heteroatoms. The molecular weight excluding hydrogens is 381 g/mol. The molecule has 1 aromatic heterocycles. The lowest BCUT2D eigenvalue weighted by molar-refractivity contribution is -0.137. The van der Waals surface area contributed by atoms with E-state index in [1.165, 1.54) is 10.7 Å². The maximum absolute atomic E-state index is 12.7. The molecule has 0 bridgehead atoms. The predicted octanol–water partition coefficient (Wildman–Crippen LogP) is 4.67. The molecule has 0 fully saturated rings. The molecule has 5 nitrogen and oxygen atoms in total. The molecule has 0 aliphatic rings. The highest BCUT2D eigenvalue weighted by atomic mass is 35.5. The molecule has 0 aliphatic carbocycles. The molecule has 3 rings (SSSR count). The number of aromatic nitrogens is 2. The summed E-state index contributed by atoms with van der Waals surface area (Å²) in [7, 11) is 0. The summed E-state index contributed by atoms with van der Waals surface area (Å²) in [5, 5.41) is 15.3. The average Bonchev–Trinajstić information content (AvgIpc) is 3.04. The van der Waals surface area contributed by atoms with Gasteiger partial charge in [-0.05, 0) is 30.3 Å². The third-order valence-electron chi connectivity index (χ3n) is 3.61. The molecular formula is C18H10ClF3N4O. The van der Waals surface area contributed by atoms with E-state index in [1.807, 2.05) is 6.07 Å². The van der Waals surface area contributed by atoms with E-state index in [2.05, 4.69) is 10.4 Å². The number of halogens is 4. The van der Waals surface area contributed by atoms with Gasteiger partial charge in [-0.15, -0.1) is 0 Å². The van der Waals surface area contributed by atoms with Crippen LogP contribution in [0.4, 0.5) is 19.0 Å². The van der Waals surface area contributed by atoms with E-state index in [9.17, 15) is 18.0 Å². The van der Waals surface area contributed by atoms with Gasteiger partial charge in [-0.3, -0.25) is 4.79 Å². The van der Waals surface area contributed by atoms with Crippen molar-refractivity contribution >= 4 is 23.3 Å². The zero-order valence-electron chi connectivity index (χ0n) is 13.5. The van der Waals surface area contributed by atoms with Crippen molar-refractivity contribution in [2.24, 2.45) is 0 Å². The summed E-state index contributed by atoms with van der Waals surface area (Å²) in [6, 6.07) is 14.4. The van der Waals surface area contributed by atoms with Gasteiger partial charge in [-0.1, -0.05) is 29.8 Å². The molecule has 0 saturated heterocycles. The number of rotatable bonds is 3. The number of carbonyl (C=O) groups excluding carboxylic acids is 1.